The van der Waals surface area contributed by atoms with Crippen LogP contribution in [0.25, 0.3) is 0 Å². The smallest absolute Gasteiger partial charge is 0.104 e. The summed E-state index contributed by atoms with van der Waals surface area (Å²) in [5, 5.41) is 8.81. The monoisotopic (exact) mass is 158 g/mol. The third-order valence-corrected chi connectivity index (χ3v) is 2.30. The minimum atomic E-state index is -0.0747. The molecule has 0 unspecified atom stereocenters. The lowest BCUT2D eigenvalue weighted by Crippen LogP contribution is -2.39. The Morgan fingerprint density at radius 2 is 2.09 bits per heavy atom. The Morgan fingerprint density at radius 1 is 1.27 bits per heavy atom. The molecule has 1 aliphatic carbocycles. The summed E-state index contributed by atoms with van der Waals surface area (Å²) in [6.07, 6.45) is 2.73. The van der Waals surface area contributed by atoms with Crippen molar-refractivity contribution in [1.29, 1.82) is 0 Å². The Bertz CT molecular complexity index is 133. The van der Waals surface area contributed by atoms with Gasteiger partial charge in [0.25, 0.3) is 0 Å². The number of aliphatic hydroxyl groups is 1. The zero-order chi connectivity index (χ0) is 7.68. The van der Waals surface area contributed by atoms with Gasteiger partial charge in [0.1, 0.15) is 6.10 Å². The molecule has 0 amide bonds. The van der Waals surface area contributed by atoms with Crippen molar-refractivity contribution in [1.82, 2.24) is 0 Å². The van der Waals surface area contributed by atoms with Crippen molar-refractivity contribution < 1.29 is 14.6 Å². The maximum atomic E-state index is 8.81. The van der Waals surface area contributed by atoms with Gasteiger partial charge in [0, 0.05) is 0 Å². The maximum Gasteiger partial charge on any atom is 0.104 e. The molecule has 11 heavy (non-hydrogen) atoms. The third kappa shape index (κ3) is 1.72. The number of hydrogen-bond acceptors (Lipinski definition) is 3. The van der Waals surface area contributed by atoms with E-state index in [0.29, 0.717) is 12.5 Å². The second-order valence-corrected chi connectivity index (χ2v) is 3.35. The van der Waals surface area contributed by atoms with Crippen LogP contribution in [0.4, 0.5) is 0 Å². The van der Waals surface area contributed by atoms with E-state index in [1.165, 1.54) is 12.8 Å². The van der Waals surface area contributed by atoms with Crippen LogP contribution >= 0.6 is 0 Å². The second kappa shape index (κ2) is 3.09. The summed E-state index contributed by atoms with van der Waals surface area (Å²) in [6, 6.07) is 0. The molecule has 0 aromatic heterocycles. The Kier molecular flexibility index (Phi) is 2.11. The van der Waals surface area contributed by atoms with E-state index in [0.717, 1.165) is 6.61 Å². The molecule has 2 aliphatic rings. The molecule has 1 N–H and O–H groups in total. The minimum Gasteiger partial charge on any atom is -0.394 e. The van der Waals surface area contributed by atoms with Crippen LogP contribution in [0.3, 0.4) is 0 Å². The van der Waals surface area contributed by atoms with Gasteiger partial charge in [0.05, 0.1) is 25.9 Å². The highest BCUT2D eigenvalue weighted by atomic mass is 16.6. The third-order valence-electron chi connectivity index (χ3n) is 2.30. The van der Waals surface area contributed by atoms with Gasteiger partial charge in [-0.15, -0.1) is 0 Å². The van der Waals surface area contributed by atoms with E-state index in [9.17, 15) is 0 Å². The van der Waals surface area contributed by atoms with Crippen LogP contribution in [0, 0.1) is 5.92 Å². The second-order valence-electron chi connectivity index (χ2n) is 3.35. The summed E-state index contributed by atoms with van der Waals surface area (Å²) in [6.45, 7) is 1.37. The molecule has 0 spiro atoms. The van der Waals surface area contributed by atoms with Crippen LogP contribution in [-0.4, -0.2) is 37.1 Å². The molecule has 3 nitrogen and oxygen atoms in total. The van der Waals surface area contributed by atoms with Gasteiger partial charge in [-0.05, 0) is 18.8 Å². The normalized spacial score (nSPS) is 39.0. The van der Waals surface area contributed by atoms with E-state index < -0.39 is 0 Å². The van der Waals surface area contributed by atoms with E-state index in [1.807, 2.05) is 0 Å². The first-order valence-corrected chi connectivity index (χ1v) is 4.24. The first-order valence-electron chi connectivity index (χ1n) is 4.24. The molecule has 0 bridgehead atoms. The van der Waals surface area contributed by atoms with Crippen LogP contribution in [0.2, 0.25) is 0 Å². The number of ether oxygens (including phenoxy) is 2. The Labute approximate surface area is 66.3 Å². The average molecular weight is 158 g/mol. The zero-order valence-electron chi connectivity index (χ0n) is 6.53. The Hall–Kier alpha value is -0.120. The summed E-state index contributed by atoms with van der Waals surface area (Å²) in [5.74, 6) is 0.712. The molecule has 1 heterocycles. The number of hydrogen-bond donors (Lipinski definition) is 1. The SMILES string of the molecule is OC[C@H]1COC[C@@H](C2CC2)O1. The van der Waals surface area contributed by atoms with Gasteiger partial charge in [0.2, 0.25) is 0 Å². The van der Waals surface area contributed by atoms with E-state index in [1.54, 1.807) is 0 Å². The van der Waals surface area contributed by atoms with Crippen molar-refractivity contribution in [2.24, 2.45) is 5.92 Å². The lowest BCUT2D eigenvalue weighted by molar-refractivity contribution is -0.156. The van der Waals surface area contributed by atoms with E-state index in [-0.39, 0.29) is 18.8 Å². The van der Waals surface area contributed by atoms with E-state index in [2.05, 4.69) is 0 Å². The Balaban J connectivity index is 1.82. The quantitative estimate of drug-likeness (QED) is 0.622. The van der Waals surface area contributed by atoms with Crippen molar-refractivity contribution in [3.63, 3.8) is 0 Å². The highest BCUT2D eigenvalue weighted by Gasteiger charge is 2.35. The molecule has 2 fully saturated rings. The molecule has 1 saturated heterocycles. The molecule has 64 valence electrons. The summed E-state index contributed by atoms with van der Waals surface area (Å²) >= 11 is 0. The minimum absolute atomic E-state index is 0.0747. The fourth-order valence-electron chi connectivity index (χ4n) is 1.45. The molecule has 0 aromatic carbocycles. The van der Waals surface area contributed by atoms with Crippen LogP contribution in [0.1, 0.15) is 12.8 Å². The van der Waals surface area contributed by atoms with E-state index in [4.69, 9.17) is 14.6 Å². The van der Waals surface area contributed by atoms with Gasteiger partial charge >= 0.3 is 0 Å². The molecule has 0 radical (unpaired) electrons. The van der Waals surface area contributed by atoms with Crippen LogP contribution in [0.15, 0.2) is 0 Å². The summed E-state index contributed by atoms with van der Waals surface area (Å²) in [7, 11) is 0. The zero-order valence-corrected chi connectivity index (χ0v) is 6.53. The molecule has 1 saturated carbocycles. The summed E-state index contributed by atoms with van der Waals surface area (Å²) in [5.41, 5.74) is 0. The van der Waals surface area contributed by atoms with Gasteiger partial charge in [0.15, 0.2) is 0 Å². The van der Waals surface area contributed by atoms with Crippen LogP contribution in [-0.2, 0) is 9.47 Å². The fourth-order valence-corrected chi connectivity index (χ4v) is 1.45. The number of aliphatic hydroxyl groups excluding tert-OH is 1. The summed E-state index contributed by atoms with van der Waals surface area (Å²) < 4.78 is 10.9. The molecule has 3 heteroatoms. The van der Waals surface area contributed by atoms with Crippen molar-refractivity contribution >= 4 is 0 Å². The molecule has 0 aromatic rings. The van der Waals surface area contributed by atoms with Crippen molar-refractivity contribution in [3.05, 3.63) is 0 Å². The first kappa shape index (κ1) is 7.53. The molecule has 2 atom stereocenters. The highest BCUT2D eigenvalue weighted by Crippen LogP contribution is 2.36. The van der Waals surface area contributed by atoms with Gasteiger partial charge in [-0.25, -0.2) is 0 Å². The molecule has 1 aliphatic heterocycles. The van der Waals surface area contributed by atoms with E-state index >= 15 is 0 Å². The van der Waals surface area contributed by atoms with Gasteiger partial charge in [-0.1, -0.05) is 0 Å². The predicted molar refractivity (Wildman–Crippen MR) is 39.3 cm³/mol. The molecular formula is C8H14O3. The summed E-state index contributed by atoms with van der Waals surface area (Å²) in [4.78, 5) is 0. The first-order chi connectivity index (χ1) is 5.40. The topological polar surface area (TPSA) is 38.7 Å². The van der Waals surface area contributed by atoms with Crippen LogP contribution in [0.5, 0.6) is 0 Å². The lowest BCUT2D eigenvalue weighted by Gasteiger charge is -2.28. The van der Waals surface area contributed by atoms with Gasteiger partial charge < -0.3 is 14.6 Å². The highest BCUT2D eigenvalue weighted by molar-refractivity contribution is 4.84. The lowest BCUT2D eigenvalue weighted by atomic mass is 10.2. The largest absolute Gasteiger partial charge is 0.394 e. The Morgan fingerprint density at radius 3 is 2.73 bits per heavy atom. The predicted octanol–water partition coefficient (Wildman–Crippen LogP) is 0.173. The fraction of sp³-hybridized carbons (Fsp3) is 1.00. The van der Waals surface area contributed by atoms with Crippen molar-refractivity contribution in [3.8, 4) is 0 Å². The molecular weight excluding hydrogens is 144 g/mol. The van der Waals surface area contributed by atoms with Crippen LogP contribution < -0.4 is 0 Å². The maximum absolute atomic E-state index is 8.81. The average Bonchev–Trinajstić information content (AvgIpc) is 2.87. The van der Waals surface area contributed by atoms with Crippen molar-refractivity contribution in [2.45, 2.75) is 25.0 Å². The van der Waals surface area contributed by atoms with Gasteiger partial charge in [-0.2, -0.15) is 0 Å². The van der Waals surface area contributed by atoms with Crippen molar-refractivity contribution in [2.75, 3.05) is 19.8 Å². The van der Waals surface area contributed by atoms with Gasteiger partial charge in [-0.3, -0.25) is 0 Å². The standard InChI is InChI=1S/C8H14O3/c9-3-7-4-10-5-8(11-7)6-1-2-6/h6-9H,1-5H2/t7-,8-/m0/s1. The molecule has 2 rings (SSSR count). The number of rotatable bonds is 2.